The normalized spacial score (nSPS) is 12.4. The predicted octanol–water partition coefficient (Wildman–Crippen LogP) is 0.990. The van der Waals surface area contributed by atoms with Crippen molar-refractivity contribution in [2.75, 3.05) is 26.2 Å². The number of aromatic nitrogens is 2. The number of carbonyl (C=O) groups is 2. The molecule has 1 amide bonds. The van der Waals surface area contributed by atoms with Crippen LogP contribution in [0.5, 0.6) is 0 Å². The highest BCUT2D eigenvalue weighted by molar-refractivity contribution is 5.87. The van der Waals surface area contributed by atoms with Crippen molar-refractivity contribution in [3.05, 3.63) is 18.0 Å². The van der Waals surface area contributed by atoms with E-state index in [1.165, 1.54) is 17.1 Å². The first-order valence-corrected chi connectivity index (χ1v) is 7.27. The van der Waals surface area contributed by atoms with Gasteiger partial charge >= 0.3 is 5.97 Å². The summed E-state index contributed by atoms with van der Waals surface area (Å²) in [5, 5.41) is 15.6. The van der Waals surface area contributed by atoms with E-state index >= 15 is 0 Å². The van der Waals surface area contributed by atoms with Gasteiger partial charge in [-0.1, -0.05) is 13.8 Å². The Morgan fingerprint density at radius 2 is 2.10 bits per heavy atom. The second kappa shape index (κ2) is 8.41. The highest BCUT2D eigenvalue weighted by Gasteiger charge is 2.17. The molecule has 1 atom stereocenters. The molecule has 0 radical (unpaired) electrons. The summed E-state index contributed by atoms with van der Waals surface area (Å²) < 4.78 is 1.36. The number of nitrogens with one attached hydrogen (secondary N) is 1. The summed E-state index contributed by atoms with van der Waals surface area (Å²) in [5.74, 6) is -1.21. The lowest BCUT2D eigenvalue weighted by atomic mass is 10.3. The third kappa shape index (κ3) is 5.18. The van der Waals surface area contributed by atoms with Gasteiger partial charge in [0, 0.05) is 12.7 Å². The number of aromatic carboxylic acids is 1. The fourth-order valence-electron chi connectivity index (χ4n) is 1.98. The molecule has 0 spiro atoms. The molecular weight excluding hydrogens is 272 g/mol. The van der Waals surface area contributed by atoms with Gasteiger partial charge in [0.2, 0.25) is 5.91 Å². The van der Waals surface area contributed by atoms with E-state index in [1.54, 1.807) is 6.92 Å². The van der Waals surface area contributed by atoms with Crippen LogP contribution in [0.25, 0.3) is 0 Å². The average Bonchev–Trinajstić information content (AvgIpc) is 2.96. The molecule has 0 aliphatic rings. The van der Waals surface area contributed by atoms with Crippen molar-refractivity contribution >= 4 is 11.9 Å². The molecule has 1 heterocycles. The van der Waals surface area contributed by atoms with Crippen LogP contribution >= 0.6 is 0 Å². The second-order valence-corrected chi connectivity index (χ2v) is 4.86. The van der Waals surface area contributed by atoms with E-state index in [4.69, 9.17) is 5.11 Å². The molecule has 0 saturated heterocycles. The maximum atomic E-state index is 12.0. The lowest BCUT2D eigenvalue weighted by Gasteiger charge is -2.18. The fraction of sp³-hybridized carbons (Fsp3) is 0.643. The molecule has 7 nitrogen and oxygen atoms in total. The Bertz CT molecular complexity index is 469. The lowest BCUT2D eigenvalue weighted by molar-refractivity contribution is -0.124. The summed E-state index contributed by atoms with van der Waals surface area (Å²) in [6, 6.07) is -0.522. The highest BCUT2D eigenvalue weighted by atomic mass is 16.4. The Labute approximate surface area is 124 Å². The van der Waals surface area contributed by atoms with Crippen LogP contribution in [0.1, 0.15) is 43.6 Å². The van der Waals surface area contributed by atoms with Crippen molar-refractivity contribution in [1.82, 2.24) is 20.0 Å². The molecule has 0 bridgehead atoms. The summed E-state index contributed by atoms with van der Waals surface area (Å²) in [6.07, 6.45) is 3.49. The van der Waals surface area contributed by atoms with E-state index in [9.17, 15) is 9.59 Å². The molecule has 0 aliphatic heterocycles. The third-order valence-corrected chi connectivity index (χ3v) is 3.47. The SMILES string of the molecule is CCN(CC)CCCNC(=O)C(C)n1cc(C(=O)O)cn1. The van der Waals surface area contributed by atoms with Gasteiger partial charge in [0.05, 0.1) is 11.8 Å². The quantitative estimate of drug-likeness (QED) is 0.664. The number of hydrogen-bond acceptors (Lipinski definition) is 4. The smallest absolute Gasteiger partial charge is 0.338 e. The molecule has 0 fully saturated rings. The summed E-state index contributed by atoms with van der Waals surface area (Å²) in [5.41, 5.74) is 0.0798. The Kier molecular flexibility index (Phi) is 6.87. The minimum absolute atomic E-state index is 0.0798. The minimum Gasteiger partial charge on any atom is -0.478 e. The molecule has 118 valence electrons. The van der Waals surface area contributed by atoms with E-state index in [2.05, 4.69) is 29.2 Å². The van der Waals surface area contributed by atoms with Crippen LogP contribution in [0, 0.1) is 0 Å². The molecule has 1 aromatic rings. The van der Waals surface area contributed by atoms with Crippen molar-refractivity contribution in [3.63, 3.8) is 0 Å². The minimum atomic E-state index is -1.05. The van der Waals surface area contributed by atoms with Crippen LogP contribution < -0.4 is 5.32 Å². The summed E-state index contributed by atoms with van der Waals surface area (Å²) in [4.78, 5) is 25.0. The molecule has 1 rings (SSSR count). The van der Waals surface area contributed by atoms with E-state index < -0.39 is 12.0 Å². The van der Waals surface area contributed by atoms with Crippen LogP contribution in [0.4, 0.5) is 0 Å². The maximum Gasteiger partial charge on any atom is 0.338 e. The number of amides is 1. The number of hydrogen-bond donors (Lipinski definition) is 2. The van der Waals surface area contributed by atoms with Gasteiger partial charge in [-0.15, -0.1) is 0 Å². The van der Waals surface area contributed by atoms with Crippen LogP contribution in [0.15, 0.2) is 12.4 Å². The zero-order valence-corrected chi connectivity index (χ0v) is 12.9. The molecule has 1 aromatic heterocycles. The second-order valence-electron chi connectivity index (χ2n) is 4.86. The molecule has 21 heavy (non-hydrogen) atoms. The monoisotopic (exact) mass is 296 g/mol. The van der Waals surface area contributed by atoms with Crippen LogP contribution in [-0.4, -0.2) is 57.8 Å². The average molecular weight is 296 g/mol. The van der Waals surface area contributed by atoms with E-state index in [0.29, 0.717) is 6.54 Å². The molecule has 0 aromatic carbocycles. The molecule has 2 N–H and O–H groups in total. The first-order chi connectivity index (χ1) is 9.99. The number of carboxylic acid groups (broad SMARTS) is 1. The molecule has 1 unspecified atom stereocenters. The summed E-state index contributed by atoms with van der Waals surface area (Å²) >= 11 is 0. The highest BCUT2D eigenvalue weighted by Crippen LogP contribution is 2.06. The van der Waals surface area contributed by atoms with E-state index in [1.807, 2.05) is 0 Å². The predicted molar refractivity (Wildman–Crippen MR) is 79.3 cm³/mol. The first-order valence-electron chi connectivity index (χ1n) is 7.27. The van der Waals surface area contributed by atoms with Gasteiger partial charge in [-0.3, -0.25) is 9.48 Å². The number of rotatable bonds is 9. The molecular formula is C14H24N4O3. The van der Waals surface area contributed by atoms with Gasteiger partial charge < -0.3 is 15.3 Å². The largest absolute Gasteiger partial charge is 0.478 e. The summed E-state index contributed by atoms with van der Waals surface area (Å²) in [6.45, 7) is 9.49. The fourth-order valence-corrected chi connectivity index (χ4v) is 1.98. The van der Waals surface area contributed by atoms with Gasteiger partial charge in [0.25, 0.3) is 0 Å². The molecule has 0 aliphatic carbocycles. The third-order valence-electron chi connectivity index (χ3n) is 3.47. The Morgan fingerprint density at radius 1 is 1.43 bits per heavy atom. The zero-order chi connectivity index (χ0) is 15.8. The van der Waals surface area contributed by atoms with Gasteiger partial charge in [-0.05, 0) is 33.0 Å². The lowest BCUT2D eigenvalue weighted by Crippen LogP contribution is -2.34. The van der Waals surface area contributed by atoms with Gasteiger partial charge in [0.15, 0.2) is 0 Å². The number of nitrogens with zero attached hydrogens (tertiary/aromatic N) is 3. The Hall–Kier alpha value is -1.89. The molecule has 0 saturated carbocycles. The van der Waals surface area contributed by atoms with Gasteiger partial charge in [0.1, 0.15) is 6.04 Å². The standard InChI is InChI=1S/C14H24N4O3/c1-4-17(5-2)8-6-7-15-13(19)11(3)18-10-12(9-16-18)14(20)21/h9-11H,4-8H2,1-3H3,(H,15,19)(H,20,21). The molecule has 7 heteroatoms. The Balaban J connectivity index is 2.38. The zero-order valence-electron chi connectivity index (χ0n) is 12.9. The van der Waals surface area contributed by atoms with Gasteiger partial charge in [-0.25, -0.2) is 4.79 Å². The Morgan fingerprint density at radius 3 is 2.62 bits per heavy atom. The van der Waals surface area contributed by atoms with Crippen LogP contribution in [0.2, 0.25) is 0 Å². The van der Waals surface area contributed by atoms with E-state index in [-0.39, 0.29) is 11.5 Å². The van der Waals surface area contributed by atoms with Crippen molar-refractivity contribution in [3.8, 4) is 0 Å². The van der Waals surface area contributed by atoms with E-state index in [0.717, 1.165) is 26.1 Å². The maximum absolute atomic E-state index is 12.0. The van der Waals surface area contributed by atoms with Crippen molar-refractivity contribution < 1.29 is 14.7 Å². The van der Waals surface area contributed by atoms with Crippen molar-refractivity contribution in [2.45, 2.75) is 33.2 Å². The number of carboxylic acids is 1. The number of carbonyl (C=O) groups excluding carboxylic acids is 1. The summed E-state index contributed by atoms with van der Waals surface area (Å²) in [7, 11) is 0. The van der Waals surface area contributed by atoms with Crippen LogP contribution in [0.3, 0.4) is 0 Å². The topological polar surface area (TPSA) is 87.5 Å². The van der Waals surface area contributed by atoms with Crippen molar-refractivity contribution in [1.29, 1.82) is 0 Å². The van der Waals surface area contributed by atoms with Crippen LogP contribution in [-0.2, 0) is 4.79 Å². The van der Waals surface area contributed by atoms with Crippen molar-refractivity contribution in [2.24, 2.45) is 0 Å². The first kappa shape index (κ1) is 17.2. The van der Waals surface area contributed by atoms with Gasteiger partial charge in [-0.2, -0.15) is 5.10 Å².